The van der Waals surface area contributed by atoms with Gasteiger partial charge in [-0.1, -0.05) is 31.2 Å². The van der Waals surface area contributed by atoms with E-state index in [2.05, 4.69) is 66.1 Å². The fourth-order valence-corrected chi connectivity index (χ4v) is 2.15. The number of nitrogens with one attached hydrogen (secondary N) is 1. The first-order chi connectivity index (χ1) is 8.72. The summed E-state index contributed by atoms with van der Waals surface area (Å²) >= 11 is 0. The predicted octanol–water partition coefficient (Wildman–Crippen LogP) is 2.91. The number of benzene rings is 1. The Bertz CT molecular complexity index is 502. The molecule has 0 spiro atoms. The molecule has 3 nitrogen and oxygen atoms in total. The number of hydrogen-bond donors (Lipinski definition) is 1. The Kier molecular flexibility index (Phi) is 4.15. The van der Waals surface area contributed by atoms with E-state index in [4.69, 9.17) is 0 Å². The third kappa shape index (κ3) is 2.79. The number of hydrogen-bond acceptors (Lipinski definition) is 2. The first kappa shape index (κ1) is 12.8. The number of aryl methyl sites for hydroxylation is 1. The normalized spacial score (nSPS) is 12.6. The highest BCUT2D eigenvalue weighted by molar-refractivity contribution is 5.29. The second kappa shape index (κ2) is 5.83. The van der Waals surface area contributed by atoms with E-state index in [1.165, 1.54) is 11.1 Å². The Hall–Kier alpha value is -1.61. The van der Waals surface area contributed by atoms with Gasteiger partial charge in [0.1, 0.15) is 0 Å². The number of nitrogens with zero attached hydrogens (tertiary/aromatic N) is 2. The molecule has 2 rings (SSSR count). The van der Waals surface area contributed by atoms with Crippen molar-refractivity contribution >= 4 is 0 Å². The van der Waals surface area contributed by atoms with Crippen LogP contribution >= 0.6 is 0 Å². The molecule has 1 heterocycles. The molecule has 0 aliphatic rings. The zero-order valence-corrected chi connectivity index (χ0v) is 11.4. The maximum Gasteiger partial charge on any atom is 0.0955 e. The lowest BCUT2D eigenvalue weighted by molar-refractivity contribution is 0.632. The minimum absolute atomic E-state index is 0.328. The molecule has 96 valence electrons. The summed E-state index contributed by atoms with van der Waals surface area (Å²) < 4.78 is 2.18. The third-order valence-corrected chi connectivity index (χ3v) is 3.30. The van der Waals surface area contributed by atoms with Crippen molar-refractivity contribution in [3.05, 3.63) is 53.6 Å². The van der Waals surface area contributed by atoms with Crippen molar-refractivity contribution in [2.45, 2.75) is 33.4 Å². The summed E-state index contributed by atoms with van der Waals surface area (Å²) in [5.41, 5.74) is 3.77. The highest BCUT2D eigenvalue weighted by Crippen LogP contribution is 2.21. The maximum atomic E-state index is 4.43. The van der Waals surface area contributed by atoms with Crippen LogP contribution in [0.1, 0.15) is 36.7 Å². The van der Waals surface area contributed by atoms with Gasteiger partial charge in [0, 0.05) is 12.7 Å². The maximum absolute atomic E-state index is 4.43. The minimum atomic E-state index is 0.328. The van der Waals surface area contributed by atoms with Gasteiger partial charge in [0.05, 0.1) is 18.1 Å². The van der Waals surface area contributed by atoms with Gasteiger partial charge in [0.2, 0.25) is 0 Å². The third-order valence-electron chi connectivity index (χ3n) is 3.30. The van der Waals surface area contributed by atoms with Crippen molar-refractivity contribution in [3.63, 3.8) is 0 Å². The van der Waals surface area contributed by atoms with Gasteiger partial charge in [-0.3, -0.25) is 0 Å². The SMILES string of the molecule is CCNCc1cn(C(C)c2ccccc2C)cn1. The fourth-order valence-electron chi connectivity index (χ4n) is 2.15. The topological polar surface area (TPSA) is 29.9 Å². The highest BCUT2D eigenvalue weighted by Gasteiger charge is 2.10. The van der Waals surface area contributed by atoms with E-state index < -0.39 is 0 Å². The Morgan fingerprint density at radius 3 is 2.83 bits per heavy atom. The summed E-state index contributed by atoms with van der Waals surface area (Å²) in [5.74, 6) is 0. The summed E-state index contributed by atoms with van der Waals surface area (Å²) in [4.78, 5) is 4.43. The standard InChI is InChI=1S/C15H21N3/c1-4-16-9-14-10-18(11-17-14)13(3)15-8-6-5-7-12(15)2/h5-8,10-11,13,16H,4,9H2,1-3H3. The summed E-state index contributed by atoms with van der Waals surface area (Å²) in [5, 5.41) is 3.29. The summed E-state index contributed by atoms with van der Waals surface area (Å²) in [7, 11) is 0. The molecule has 0 saturated heterocycles. The minimum Gasteiger partial charge on any atom is -0.330 e. The van der Waals surface area contributed by atoms with Crippen molar-refractivity contribution in [2.24, 2.45) is 0 Å². The van der Waals surface area contributed by atoms with Crippen LogP contribution in [0.25, 0.3) is 0 Å². The lowest BCUT2D eigenvalue weighted by Gasteiger charge is -2.15. The van der Waals surface area contributed by atoms with Crippen LogP contribution in [0.3, 0.4) is 0 Å². The van der Waals surface area contributed by atoms with Crippen molar-refractivity contribution in [2.75, 3.05) is 6.54 Å². The molecule has 2 aromatic rings. The highest BCUT2D eigenvalue weighted by atomic mass is 15.1. The van der Waals surface area contributed by atoms with Gasteiger partial charge in [-0.15, -0.1) is 0 Å². The average Bonchev–Trinajstić information content (AvgIpc) is 2.85. The monoisotopic (exact) mass is 243 g/mol. The first-order valence-electron chi connectivity index (χ1n) is 6.51. The second-order valence-electron chi connectivity index (χ2n) is 4.63. The summed E-state index contributed by atoms with van der Waals surface area (Å²) in [6.45, 7) is 8.28. The summed E-state index contributed by atoms with van der Waals surface area (Å²) in [6.07, 6.45) is 4.05. The number of aromatic nitrogens is 2. The molecule has 0 aliphatic carbocycles. The van der Waals surface area contributed by atoms with E-state index in [0.29, 0.717) is 6.04 Å². The molecule has 1 aromatic carbocycles. The van der Waals surface area contributed by atoms with Crippen molar-refractivity contribution < 1.29 is 0 Å². The molecule has 18 heavy (non-hydrogen) atoms. The molecule has 1 N–H and O–H groups in total. The molecule has 0 saturated carbocycles. The van der Waals surface area contributed by atoms with Crippen molar-refractivity contribution in [3.8, 4) is 0 Å². The number of rotatable bonds is 5. The van der Waals surface area contributed by atoms with Crippen LogP contribution in [0, 0.1) is 6.92 Å². The van der Waals surface area contributed by atoms with Crippen molar-refractivity contribution in [1.29, 1.82) is 0 Å². The zero-order valence-electron chi connectivity index (χ0n) is 11.4. The van der Waals surface area contributed by atoms with Crippen LogP contribution in [-0.4, -0.2) is 16.1 Å². The van der Waals surface area contributed by atoms with Crippen LogP contribution in [0.2, 0.25) is 0 Å². The van der Waals surface area contributed by atoms with Crippen LogP contribution in [-0.2, 0) is 6.54 Å². The van der Waals surface area contributed by atoms with E-state index >= 15 is 0 Å². The molecular weight excluding hydrogens is 222 g/mol. The molecule has 1 atom stereocenters. The van der Waals surface area contributed by atoms with E-state index in [9.17, 15) is 0 Å². The van der Waals surface area contributed by atoms with Gasteiger partial charge in [-0.2, -0.15) is 0 Å². The smallest absolute Gasteiger partial charge is 0.0955 e. The van der Waals surface area contributed by atoms with Gasteiger partial charge >= 0.3 is 0 Å². The molecule has 0 amide bonds. The van der Waals surface area contributed by atoms with Gasteiger partial charge in [0.15, 0.2) is 0 Å². The van der Waals surface area contributed by atoms with E-state index in [0.717, 1.165) is 18.8 Å². The van der Waals surface area contributed by atoms with E-state index in [1.807, 2.05) is 6.33 Å². The number of imidazole rings is 1. The second-order valence-corrected chi connectivity index (χ2v) is 4.63. The molecule has 1 unspecified atom stereocenters. The fraction of sp³-hybridized carbons (Fsp3) is 0.400. The summed E-state index contributed by atoms with van der Waals surface area (Å²) in [6, 6.07) is 8.84. The van der Waals surface area contributed by atoms with Crippen LogP contribution < -0.4 is 5.32 Å². The Labute approximate surface area is 109 Å². The predicted molar refractivity (Wildman–Crippen MR) is 74.6 cm³/mol. The Morgan fingerprint density at radius 1 is 1.33 bits per heavy atom. The van der Waals surface area contributed by atoms with Crippen molar-refractivity contribution in [1.82, 2.24) is 14.9 Å². The average molecular weight is 243 g/mol. The van der Waals surface area contributed by atoms with Crippen LogP contribution in [0.4, 0.5) is 0 Å². The van der Waals surface area contributed by atoms with Crippen LogP contribution in [0.5, 0.6) is 0 Å². The molecule has 1 aromatic heterocycles. The molecular formula is C15H21N3. The molecule has 0 aliphatic heterocycles. The van der Waals surface area contributed by atoms with Gasteiger partial charge in [-0.25, -0.2) is 4.98 Å². The zero-order chi connectivity index (χ0) is 13.0. The molecule has 3 heteroatoms. The largest absolute Gasteiger partial charge is 0.330 e. The van der Waals surface area contributed by atoms with Gasteiger partial charge in [-0.05, 0) is 31.5 Å². The molecule has 0 bridgehead atoms. The van der Waals surface area contributed by atoms with E-state index in [1.54, 1.807) is 0 Å². The van der Waals surface area contributed by atoms with E-state index in [-0.39, 0.29) is 0 Å². The molecule has 0 fully saturated rings. The molecule has 0 radical (unpaired) electrons. The van der Waals surface area contributed by atoms with Gasteiger partial charge < -0.3 is 9.88 Å². The van der Waals surface area contributed by atoms with Crippen LogP contribution in [0.15, 0.2) is 36.8 Å². The lowest BCUT2D eigenvalue weighted by Crippen LogP contribution is -2.12. The Morgan fingerprint density at radius 2 is 2.11 bits per heavy atom. The van der Waals surface area contributed by atoms with Gasteiger partial charge in [0.25, 0.3) is 0 Å². The first-order valence-corrected chi connectivity index (χ1v) is 6.51. The Balaban J connectivity index is 2.16. The lowest BCUT2D eigenvalue weighted by atomic mass is 10.0. The quantitative estimate of drug-likeness (QED) is 0.875.